The Balaban J connectivity index is 1.82. The van der Waals surface area contributed by atoms with Crippen LogP contribution in [0.25, 0.3) is 11.3 Å². The second kappa shape index (κ2) is 7.36. The Hall–Kier alpha value is -1.93. The molecule has 142 valence electrons. The molecule has 1 aliphatic heterocycles. The number of aryl methyl sites for hydroxylation is 2. The summed E-state index contributed by atoms with van der Waals surface area (Å²) in [5, 5.41) is 4.54. The Morgan fingerprint density at radius 3 is 2.50 bits per heavy atom. The van der Waals surface area contributed by atoms with Crippen molar-refractivity contribution >= 4 is 10.0 Å². The maximum Gasteiger partial charge on any atom is 0.267 e. The van der Waals surface area contributed by atoms with Crippen molar-refractivity contribution in [3.8, 4) is 11.3 Å². The monoisotopic (exact) mass is 379 g/mol. The molecular formula is C18H25N3O4S. The van der Waals surface area contributed by atoms with Crippen molar-refractivity contribution < 1.29 is 12.8 Å². The topological polar surface area (TPSA) is 85.4 Å². The Labute approximate surface area is 153 Å². The second-order valence-corrected chi connectivity index (χ2v) is 8.86. The van der Waals surface area contributed by atoms with Gasteiger partial charge in [-0.25, -0.2) is 17.4 Å². The van der Waals surface area contributed by atoms with E-state index in [0.717, 1.165) is 17.1 Å². The zero-order valence-corrected chi connectivity index (χ0v) is 16.3. The van der Waals surface area contributed by atoms with Crippen LogP contribution < -0.4 is 5.56 Å². The molecule has 8 heteroatoms. The highest BCUT2D eigenvalue weighted by molar-refractivity contribution is 7.89. The Bertz CT molecular complexity index is 938. The Morgan fingerprint density at radius 1 is 1.23 bits per heavy atom. The highest BCUT2D eigenvalue weighted by Gasteiger charge is 2.29. The number of sulfonamides is 1. The van der Waals surface area contributed by atoms with Crippen molar-refractivity contribution in [3.05, 3.63) is 40.1 Å². The van der Waals surface area contributed by atoms with E-state index in [2.05, 4.69) is 5.10 Å². The molecule has 0 atom stereocenters. The molecule has 0 radical (unpaired) electrons. The van der Waals surface area contributed by atoms with Crippen molar-refractivity contribution in [2.75, 3.05) is 18.8 Å². The van der Waals surface area contributed by atoms with Crippen LogP contribution in [-0.2, 0) is 10.0 Å². The summed E-state index contributed by atoms with van der Waals surface area (Å²) in [5.41, 5.74) is 1.40. The van der Waals surface area contributed by atoms with Crippen molar-refractivity contribution in [1.29, 1.82) is 0 Å². The molecule has 0 N–H and O–H groups in total. The number of aromatic nitrogens is 2. The van der Waals surface area contributed by atoms with Gasteiger partial charge in [-0.05, 0) is 45.2 Å². The van der Waals surface area contributed by atoms with Crippen molar-refractivity contribution in [2.24, 2.45) is 0 Å². The minimum atomic E-state index is -3.19. The van der Waals surface area contributed by atoms with Gasteiger partial charge in [-0.2, -0.15) is 5.10 Å². The minimum Gasteiger partial charge on any atom is -0.466 e. The highest BCUT2D eigenvalue weighted by atomic mass is 32.2. The van der Waals surface area contributed by atoms with Gasteiger partial charge in [0.05, 0.1) is 17.5 Å². The summed E-state index contributed by atoms with van der Waals surface area (Å²) in [5.74, 6) is 1.73. The van der Waals surface area contributed by atoms with E-state index in [9.17, 15) is 13.2 Å². The van der Waals surface area contributed by atoms with E-state index in [1.54, 1.807) is 6.07 Å². The lowest BCUT2D eigenvalue weighted by atomic mass is 10.1. The van der Waals surface area contributed by atoms with Gasteiger partial charge >= 0.3 is 0 Å². The molecule has 1 aliphatic rings. The molecule has 2 aromatic heterocycles. The van der Waals surface area contributed by atoms with Gasteiger partial charge in [0.15, 0.2) is 0 Å². The lowest BCUT2D eigenvalue weighted by Crippen LogP contribution is -2.42. The number of hydrogen-bond acceptors (Lipinski definition) is 5. The summed E-state index contributed by atoms with van der Waals surface area (Å²) in [6.07, 6.45) is 1.78. The fraction of sp³-hybridized carbons (Fsp3) is 0.556. The fourth-order valence-corrected chi connectivity index (χ4v) is 5.01. The molecule has 2 aromatic rings. The molecule has 26 heavy (non-hydrogen) atoms. The van der Waals surface area contributed by atoms with Gasteiger partial charge in [0, 0.05) is 24.7 Å². The van der Waals surface area contributed by atoms with Gasteiger partial charge in [0.25, 0.3) is 5.56 Å². The van der Waals surface area contributed by atoms with E-state index in [4.69, 9.17) is 4.42 Å². The van der Waals surface area contributed by atoms with Crippen LogP contribution in [0.1, 0.15) is 43.7 Å². The van der Waals surface area contributed by atoms with Gasteiger partial charge in [0.2, 0.25) is 10.0 Å². The largest absolute Gasteiger partial charge is 0.466 e. The zero-order chi connectivity index (χ0) is 18.9. The second-order valence-electron chi connectivity index (χ2n) is 6.77. The van der Waals surface area contributed by atoms with Crippen molar-refractivity contribution in [3.63, 3.8) is 0 Å². The molecular weight excluding hydrogens is 354 g/mol. The van der Waals surface area contributed by atoms with Gasteiger partial charge in [-0.3, -0.25) is 4.79 Å². The van der Waals surface area contributed by atoms with Crippen LogP contribution >= 0.6 is 0 Å². The summed E-state index contributed by atoms with van der Waals surface area (Å²) in [6.45, 7) is 6.46. The molecule has 3 rings (SSSR count). The van der Waals surface area contributed by atoms with E-state index >= 15 is 0 Å². The molecule has 0 aliphatic carbocycles. The van der Waals surface area contributed by atoms with Gasteiger partial charge < -0.3 is 4.42 Å². The summed E-state index contributed by atoms with van der Waals surface area (Å²) >= 11 is 0. The van der Waals surface area contributed by atoms with Crippen LogP contribution in [0.2, 0.25) is 0 Å². The average Bonchev–Trinajstić information content (AvgIpc) is 2.94. The lowest BCUT2D eigenvalue weighted by Gasteiger charge is -2.31. The van der Waals surface area contributed by atoms with Gasteiger partial charge in [-0.15, -0.1) is 0 Å². The first-order valence-electron chi connectivity index (χ1n) is 8.97. The molecule has 3 heterocycles. The minimum absolute atomic E-state index is 0.0937. The first-order chi connectivity index (χ1) is 12.3. The molecule has 7 nitrogen and oxygen atoms in total. The summed E-state index contributed by atoms with van der Waals surface area (Å²) in [7, 11) is -3.19. The molecule has 0 amide bonds. The number of furan rings is 1. The van der Waals surface area contributed by atoms with Crippen LogP contribution in [0.15, 0.2) is 27.4 Å². The molecule has 0 spiro atoms. The number of hydrogen-bond donors (Lipinski definition) is 0. The lowest BCUT2D eigenvalue weighted by molar-refractivity contribution is 0.255. The van der Waals surface area contributed by atoms with Crippen LogP contribution in [0.5, 0.6) is 0 Å². The van der Waals surface area contributed by atoms with Crippen LogP contribution in [0, 0.1) is 13.8 Å². The average molecular weight is 379 g/mol. The molecule has 0 bridgehead atoms. The molecule has 0 saturated carbocycles. The SMILES string of the molecule is CCCS(=O)(=O)N1CCC(n2nc(-c3cc(C)oc3C)ccc2=O)CC1. The summed E-state index contributed by atoms with van der Waals surface area (Å²) in [6, 6.07) is 5.04. The van der Waals surface area contributed by atoms with E-state index in [0.29, 0.717) is 38.0 Å². The summed E-state index contributed by atoms with van der Waals surface area (Å²) in [4.78, 5) is 12.3. The first-order valence-corrected chi connectivity index (χ1v) is 10.6. The van der Waals surface area contributed by atoms with E-state index < -0.39 is 10.0 Å². The van der Waals surface area contributed by atoms with Crippen LogP contribution in [-0.4, -0.2) is 41.3 Å². The number of nitrogens with zero attached hydrogens (tertiary/aromatic N) is 3. The van der Waals surface area contributed by atoms with Crippen molar-refractivity contribution in [2.45, 2.75) is 46.1 Å². The van der Waals surface area contributed by atoms with Crippen molar-refractivity contribution in [1.82, 2.24) is 14.1 Å². The third-order valence-electron chi connectivity index (χ3n) is 4.77. The smallest absolute Gasteiger partial charge is 0.267 e. The summed E-state index contributed by atoms with van der Waals surface area (Å²) < 4.78 is 33.0. The van der Waals surface area contributed by atoms with Crippen LogP contribution in [0.3, 0.4) is 0 Å². The van der Waals surface area contributed by atoms with Gasteiger partial charge in [-0.1, -0.05) is 6.92 Å². The highest BCUT2D eigenvalue weighted by Crippen LogP contribution is 2.26. The predicted molar refractivity (Wildman–Crippen MR) is 99.6 cm³/mol. The molecule has 0 unspecified atom stereocenters. The maximum absolute atomic E-state index is 12.3. The molecule has 1 fully saturated rings. The third-order valence-corrected chi connectivity index (χ3v) is 6.84. The Morgan fingerprint density at radius 2 is 1.92 bits per heavy atom. The molecule has 1 saturated heterocycles. The van der Waals surface area contributed by atoms with E-state index in [1.807, 2.05) is 26.8 Å². The van der Waals surface area contributed by atoms with Gasteiger partial charge in [0.1, 0.15) is 11.5 Å². The normalized spacial score (nSPS) is 16.9. The first kappa shape index (κ1) is 18.8. The zero-order valence-electron chi connectivity index (χ0n) is 15.4. The standard InChI is InChI=1S/C18H25N3O4S/c1-4-11-26(23,24)20-9-7-15(8-10-20)21-18(22)6-5-17(19-21)16-12-13(2)25-14(16)3/h5-6,12,15H,4,7-11H2,1-3H3. The van der Waals surface area contributed by atoms with E-state index in [-0.39, 0.29) is 17.4 Å². The number of piperidine rings is 1. The predicted octanol–water partition coefficient (Wildman–Crippen LogP) is 2.50. The third kappa shape index (κ3) is 3.76. The van der Waals surface area contributed by atoms with E-state index in [1.165, 1.54) is 15.1 Å². The number of rotatable bonds is 5. The Kier molecular flexibility index (Phi) is 5.34. The molecule has 0 aromatic carbocycles. The fourth-order valence-electron chi connectivity index (χ4n) is 3.47. The quantitative estimate of drug-likeness (QED) is 0.797. The maximum atomic E-state index is 12.3. The van der Waals surface area contributed by atoms with Crippen LogP contribution in [0.4, 0.5) is 0 Å².